The fourth-order valence-corrected chi connectivity index (χ4v) is 2.26. The van der Waals surface area contributed by atoms with Gasteiger partial charge in [0.2, 0.25) is 0 Å². The molecule has 120 valence electrons. The minimum Gasteiger partial charge on any atom is -0.248 e. The average molecular weight is 310 g/mol. The molecular weight excluding hydrogens is 287 g/mol. The predicted octanol–water partition coefficient (Wildman–Crippen LogP) is 5.41. The second-order valence-corrected chi connectivity index (χ2v) is 5.62. The summed E-state index contributed by atoms with van der Waals surface area (Å²) in [5, 5.41) is 0. The molecule has 2 aromatic rings. The maximum absolute atomic E-state index is 12.7. The van der Waals surface area contributed by atoms with Gasteiger partial charge in [-0.25, -0.2) is 14.4 Å². The highest BCUT2D eigenvalue weighted by Crippen LogP contribution is 2.19. The molecule has 2 nitrogen and oxygen atoms in total. The third kappa shape index (κ3) is 5.78. The van der Waals surface area contributed by atoms with Gasteiger partial charge in [-0.3, -0.25) is 0 Å². The maximum Gasteiger partial charge on any atom is 0.131 e. The number of allylic oxidation sites excluding steroid dienone is 2. The van der Waals surface area contributed by atoms with Gasteiger partial charge in [-0.2, -0.15) is 0 Å². The average Bonchev–Trinajstić information content (AvgIpc) is 2.56. The first-order valence-electron chi connectivity index (χ1n) is 8.02. The molecular formula is C20H23FN2. The molecule has 0 aliphatic heterocycles. The molecule has 0 bridgehead atoms. The number of alkyl halides is 1. The number of hydrogen-bond acceptors (Lipinski definition) is 2. The highest BCUT2D eigenvalue weighted by molar-refractivity contribution is 5.64. The molecule has 0 radical (unpaired) electrons. The largest absolute Gasteiger partial charge is 0.248 e. The fraction of sp³-hybridized carbons (Fsp3) is 0.300. The number of benzene rings is 1. The monoisotopic (exact) mass is 310 g/mol. The van der Waals surface area contributed by atoms with Crippen molar-refractivity contribution in [3.8, 4) is 11.1 Å². The lowest BCUT2D eigenvalue weighted by atomic mass is 10.1. The number of halogens is 1. The van der Waals surface area contributed by atoms with Crippen LogP contribution in [-0.2, 0) is 6.42 Å². The zero-order chi connectivity index (χ0) is 16.5. The van der Waals surface area contributed by atoms with E-state index < -0.39 is 6.17 Å². The normalized spacial score (nSPS) is 12.4. The lowest BCUT2D eigenvalue weighted by Crippen LogP contribution is -1.92. The summed E-state index contributed by atoms with van der Waals surface area (Å²) >= 11 is 0. The van der Waals surface area contributed by atoms with Crippen LogP contribution in [0.1, 0.15) is 37.6 Å². The van der Waals surface area contributed by atoms with Gasteiger partial charge in [0.25, 0.3) is 0 Å². The number of nitrogens with zero attached hydrogens (tertiary/aromatic N) is 2. The first-order chi connectivity index (χ1) is 11.2. The summed E-state index contributed by atoms with van der Waals surface area (Å²) in [7, 11) is 0. The van der Waals surface area contributed by atoms with Gasteiger partial charge in [0.05, 0.1) is 6.17 Å². The van der Waals surface area contributed by atoms with Crippen molar-refractivity contribution in [2.24, 2.45) is 0 Å². The van der Waals surface area contributed by atoms with E-state index in [2.05, 4.69) is 53.0 Å². The van der Waals surface area contributed by atoms with Crippen molar-refractivity contribution in [2.75, 3.05) is 0 Å². The molecule has 0 aliphatic carbocycles. The van der Waals surface area contributed by atoms with Crippen molar-refractivity contribution in [3.05, 3.63) is 66.8 Å². The second kappa shape index (κ2) is 8.99. The molecule has 1 heterocycles. The highest BCUT2D eigenvalue weighted by Gasteiger charge is 2.00. The molecule has 23 heavy (non-hydrogen) atoms. The van der Waals surface area contributed by atoms with Gasteiger partial charge in [-0.1, -0.05) is 42.5 Å². The van der Waals surface area contributed by atoms with E-state index >= 15 is 0 Å². The van der Waals surface area contributed by atoms with Gasteiger partial charge in [0.15, 0.2) is 0 Å². The Labute approximate surface area is 137 Å². The molecule has 0 saturated carbocycles. The van der Waals surface area contributed by atoms with Crippen LogP contribution in [0.2, 0.25) is 0 Å². The van der Waals surface area contributed by atoms with Gasteiger partial charge in [0, 0.05) is 24.4 Å². The van der Waals surface area contributed by atoms with Crippen LogP contribution in [0, 0.1) is 0 Å². The summed E-state index contributed by atoms with van der Waals surface area (Å²) in [6.45, 7) is 5.29. The van der Waals surface area contributed by atoms with Gasteiger partial charge in [0.1, 0.15) is 5.82 Å². The zero-order valence-electron chi connectivity index (χ0n) is 13.6. The fourth-order valence-electron chi connectivity index (χ4n) is 2.26. The van der Waals surface area contributed by atoms with Crippen molar-refractivity contribution in [3.63, 3.8) is 0 Å². The Morgan fingerprint density at radius 2 is 1.83 bits per heavy atom. The van der Waals surface area contributed by atoms with Gasteiger partial charge in [-0.05, 0) is 37.3 Å². The SMILES string of the molecule is C=CCc1ncc(-c2ccc(C=CCCCC(C)F)cc2)cn1. The molecule has 1 aromatic carbocycles. The lowest BCUT2D eigenvalue weighted by Gasteiger charge is -2.03. The molecule has 0 amide bonds. The molecule has 3 heteroatoms. The molecule has 1 atom stereocenters. The third-order valence-corrected chi connectivity index (χ3v) is 3.56. The minimum atomic E-state index is -0.706. The minimum absolute atomic E-state index is 0.630. The van der Waals surface area contributed by atoms with Crippen molar-refractivity contribution in [1.29, 1.82) is 0 Å². The van der Waals surface area contributed by atoms with E-state index in [9.17, 15) is 4.39 Å². The van der Waals surface area contributed by atoms with Crippen LogP contribution in [0.15, 0.2) is 55.4 Å². The summed E-state index contributed by atoms with van der Waals surface area (Å²) in [6.07, 6.45) is 12.1. The number of hydrogen-bond donors (Lipinski definition) is 0. The van der Waals surface area contributed by atoms with Crippen LogP contribution in [0.4, 0.5) is 4.39 Å². The maximum atomic E-state index is 12.7. The molecule has 0 N–H and O–H groups in total. The Balaban J connectivity index is 1.93. The Morgan fingerprint density at radius 1 is 1.13 bits per heavy atom. The number of rotatable bonds is 8. The van der Waals surface area contributed by atoms with Crippen molar-refractivity contribution >= 4 is 6.08 Å². The van der Waals surface area contributed by atoms with Crippen molar-refractivity contribution < 1.29 is 4.39 Å². The van der Waals surface area contributed by atoms with Crippen LogP contribution in [0.25, 0.3) is 17.2 Å². The van der Waals surface area contributed by atoms with Gasteiger partial charge in [-0.15, -0.1) is 6.58 Å². The Kier molecular flexibility index (Phi) is 6.67. The molecule has 0 fully saturated rings. The van der Waals surface area contributed by atoms with Gasteiger partial charge < -0.3 is 0 Å². The highest BCUT2D eigenvalue weighted by atomic mass is 19.1. The van der Waals surface area contributed by atoms with E-state index in [4.69, 9.17) is 0 Å². The Hall–Kier alpha value is -2.29. The summed E-state index contributed by atoms with van der Waals surface area (Å²) in [5.74, 6) is 0.783. The van der Waals surface area contributed by atoms with Crippen molar-refractivity contribution in [2.45, 2.75) is 38.8 Å². The summed E-state index contributed by atoms with van der Waals surface area (Å²) < 4.78 is 12.7. The van der Waals surface area contributed by atoms with E-state index in [1.165, 1.54) is 0 Å². The topological polar surface area (TPSA) is 25.8 Å². The van der Waals surface area contributed by atoms with Crippen LogP contribution >= 0.6 is 0 Å². The van der Waals surface area contributed by atoms with E-state index in [0.29, 0.717) is 12.8 Å². The second-order valence-electron chi connectivity index (χ2n) is 5.62. The molecule has 1 aromatic heterocycles. The van der Waals surface area contributed by atoms with E-state index in [-0.39, 0.29) is 0 Å². The van der Waals surface area contributed by atoms with E-state index in [0.717, 1.165) is 35.4 Å². The quantitative estimate of drug-likeness (QED) is 0.481. The number of aromatic nitrogens is 2. The van der Waals surface area contributed by atoms with E-state index in [1.54, 1.807) is 13.0 Å². The molecule has 0 spiro atoms. The van der Waals surface area contributed by atoms with Crippen LogP contribution in [0.3, 0.4) is 0 Å². The molecule has 0 saturated heterocycles. The smallest absolute Gasteiger partial charge is 0.131 e. The molecule has 0 aliphatic rings. The number of unbranched alkanes of at least 4 members (excludes halogenated alkanes) is 1. The zero-order valence-corrected chi connectivity index (χ0v) is 13.6. The van der Waals surface area contributed by atoms with Gasteiger partial charge >= 0.3 is 0 Å². The summed E-state index contributed by atoms with van der Waals surface area (Å²) in [6, 6.07) is 8.27. The molecule has 2 rings (SSSR count). The van der Waals surface area contributed by atoms with Crippen LogP contribution < -0.4 is 0 Å². The van der Waals surface area contributed by atoms with E-state index in [1.807, 2.05) is 12.4 Å². The Bertz CT molecular complexity index is 628. The standard InChI is InChI=1S/C20H23FN2/c1-3-7-20-22-14-19(15-23-20)18-12-10-17(11-13-18)9-6-4-5-8-16(2)21/h3,6,9-16H,1,4-5,7-8H2,2H3. The Morgan fingerprint density at radius 3 is 2.43 bits per heavy atom. The molecule has 1 unspecified atom stereocenters. The summed E-state index contributed by atoms with van der Waals surface area (Å²) in [5.41, 5.74) is 3.25. The van der Waals surface area contributed by atoms with Crippen LogP contribution in [0.5, 0.6) is 0 Å². The van der Waals surface area contributed by atoms with Crippen molar-refractivity contribution in [1.82, 2.24) is 9.97 Å². The first kappa shape index (κ1) is 17.1. The van der Waals surface area contributed by atoms with Crippen LogP contribution in [-0.4, -0.2) is 16.1 Å². The lowest BCUT2D eigenvalue weighted by molar-refractivity contribution is 0.335. The third-order valence-electron chi connectivity index (χ3n) is 3.56. The predicted molar refractivity (Wildman–Crippen MR) is 94.8 cm³/mol. The summed E-state index contributed by atoms with van der Waals surface area (Å²) in [4.78, 5) is 8.65. The first-order valence-corrected chi connectivity index (χ1v) is 8.02.